The van der Waals surface area contributed by atoms with E-state index in [2.05, 4.69) is 0 Å². The van der Waals surface area contributed by atoms with Crippen LogP contribution in [0.2, 0.25) is 0 Å². The van der Waals surface area contributed by atoms with Gasteiger partial charge < -0.3 is 15.4 Å². The molecule has 2 atom stereocenters. The first-order chi connectivity index (χ1) is 7.61. The van der Waals surface area contributed by atoms with Crippen molar-refractivity contribution in [3.05, 3.63) is 0 Å². The third-order valence-corrected chi connectivity index (χ3v) is 3.12. The van der Waals surface area contributed by atoms with Crippen molar-refractivity contribution in [2.45, 2.75) is 50.7 Å². The van der Waals surface area contributed by atoms with Crippen molar-refractivity contribution in [2.24, 2.45) is 5.73 Å². The van der Waals surface area contributed by atoms with Gasteiger partial charge in [0.1, 0.15) is 0 Å². The Balaban J connectivity index is 2.08. The Hall–Kier alpha value is -0.610. The van der Waals surface area contributed by atoms with Crippen molar-refractivity contribution in [1.82, 2.24) is 4.90 Å². The van der Waals surface area contributed by atoms with E-state index < -0.39 is 0 Å². The molecule has 2 unspecified atom stereocenters. The molecule has 0 aromatic heterocycles. The Bertz CT molecular complexity index is 219. The second-order valence-corrected chi connectivity index (χ2v) is 4.75. The van der Waals surface area contributed by atoms with Gasteiger partial charge in [0.05, 0.1) is 6.10 Å². The van der Waals surface area contributed by atoms with Crippen LogP contribution in [0.4, 0.5) is 0 Å². The minimum Gasteiger partial charge on any atom is -0.377 e. The van der Waals surface area contributed by atoms with Crippen LogP contribution < -0.4 is 5.73 Å². The van der Waals surface area contributed by atoms with E-state index in [-0.39, 0.29) is 18.1 Å². The van der Waals surface area contributed by atoms with Crippen LogP contribution in [-0.2, 0) is 9.53 Å². The summed E-state index contributed by atoms with van der Waals surface area (Å²) in [6.45, 7) is 0.651. The van der Waals surface area contributed by atoms with Crippen molar-refractivity contribution < 1.29 is 9.53 Å². The molecule has 2 N–H and O–H groups in total. The van der Waals surface area contributed by atoms with Gasteiger partial charge in [0.2, 0.25) is 5.91 Å². The van der Waals surface area contributed by atoms with Crippen LogP contribution in [0.1, 0.15) is 38.5 Å². The third-order valence-electron chi connectivity index (χ3n) is 3.12. The van der Waals surface area contributed by atoms with Crippen LogP contribution in [0.15, 0.2) is 0 Å². The summed E-state index contributed by atoms with van der Waals surface area (Å²) in [4.78, 5) is 12.9. The number of nitrogens with two attached hydrogens (primary N) is 1. The molecule has 0 bridgehead atoms. The number of rotatable bonds is 5. The maximum atomic E-state index is 11.3. The standard InChI is InChI=1S/C12H24N2O2/c1-14(2)12(15)8-5-9-16-11-7-4-3-6-10(11)13/h10-11H,3-9,13H2,1-2H3. The Labute approximate surface area is 98.1 Å². The Morgan fingerprint density at radius 3 is 2.69 bits per heavy atom. The lowest BCUT2D eigenvalue weighted by Gasteiger charge is -2.28. The number of amides is 1. The smallest absolute Gasteiger partial charge is 0.222 e. The number of hydrogen-bond donors (Lipinski definition) is 1. The van der Waals surface area contributed by atoms with E-state index >= 15 is 0 Å². The number of carbonyl (C=O) groups excluding carboxylic acids is 1. The second-order valence-electron chi connectivity index (χ2n) is 4.75. The molecule has 0 aliphatic heterocycles. The molecule has 94 valence electrons. The van der Waals surface area contributed by atoms with Crippen molar-refractivity contribution in [1.29, 1.82) is 0 Å². The first-order valence-corrected chi connectivity index (χ1v) is 6.18. The summed E-state index contributed by atoms with van der Waals surface area (Å²) < 4.78 is 5.73. The summed E-state index contributed by atoms with van der Waals surface area (Å²) >= 11 is 0. The minimum atomic E-state index is 0.163. The Morgan fingerprint density at radius 2 is 2.06 bits per heavy atom. The summed E-state index contributed by atoms with van der Waals surface area (Å²) in [5.74, 6) is 0.163. The molecule has 1 aliphatic rings. The van der Waals surface area contributed by atoms with Gasteiger partial charge in [0, 0.05) is 33.2 Å². The molecule has 1 saturated carbocycles. The van der Waals surface area contributed by atoms with Crippen molar-refractivity contribution in [3.8, 4) is 0 Å². The van der Waals surface area contributed by atoms with E-state index in [9.17, 15) is 4.79 Å². The average molecular weight is 228 g/mol. The topological polar surface area (TPSA) is 55.6 Å². The number of carbonyl (C=O) groups is 1. The maximum absolute atomic E-state index is 11.3. The van der Waals surface area contributed by atoms with Crippen molar-refractivity contribution in [3.63, 3.8) is 0 Å². The van der Waals surface area contributed by atoms with Crippen molar-refractivity contribution >= 4 is 5.91 Å². The molecular weight excluding hydrogens is 204 g/mol. The summed E-state index contributed by atoms with van der Waals surface area (Å²) in [5, 5.41) is 0. The highest BCUT2D eigenvalue weighted by atomic mass is 16.5. The molecule has 1 rings (SSSR count). The third kappa shape index (κ3) is 4.49. The van der Waals surface area contributed by atoms with Gasteiger partial charge in [0.15, 0.2) is 0 Å². The maximum Gasteiger partial charge on any atom is 0.222 e. The molecule has 0 aromatic rings. The van der Waals surface area contributed by atoms with Gasteiger partial charge in [-0.25, -0.2) is 0 Å². The zero-order valence-electron chi connectivity index (χ0n) is 10.4. The van der Waals surface area contributed by atoms with Gasteiger partial charge >= 0.3 is 0 Å². The Morgan fingerprint density at radius 1 is 1.38 bits per heavy atom. The molecule has 1 fully saturated rings. The van der Waals surface area contributed by atoms with Crippen LogP contribution in [-0.4, -0.2) is 43.7 Å². The van der Waals surface area contributed by atoms with Crippen LogP contribution in [0.25, 0.3) is 0 Å². The van der Waals surface area contributed by atoms with E-state index in [0.29, 0.717) is 13.0 Å². The van der Waals surface area contributed by atoms with Gasteiger partial charge in [-0.2, -0.15) is 0 Å². The van der Waals surface area contributed by atoms with E-state index in [1.165, 1.54) is 12.8 Å². The normalized spacial score (nSPS) is 25.4. The fraction of sp³-hybridized carbons (Fsp3) is 0.917. The molecule has 16 heavy (non-hydrogen) atoms. The number of hydrogen-bond acceptors (Lipinski definition) is 3. The lowest BCUT2D eigenvalue weighted by Crippen LogP contribution is -2.39. The SMILES string of the molecule is CN(C)C(=O)CCCOC1CCCCC1N. The first-order valence-electron chi connectivity index (χ1n) is 6.18. The van der Waals surface area contributed by atoms with Crippen LogP contribution >= 0.6 is 0 Å². The lowest BCUT2D eigenvalue weighted by atomic mass is 9.93. The predicted octanol–water partition coefficient (Wildman–Crippen LogP) is 1.14. The summed E-state index contributed by atoms with van der Waals surface area (Å²) in [5.41, 5.74) is 5.97. The summed E-state index contributed by atoms with van der Waals surface area (Å²) in [7, 11) is 3.56. The zero-order chi connectivity index (χ0) is 12.0. The highest BCUT2D eigenvalue weighted by Gasteiger charge is 2.21. The largest absolute Gasteiger partial charge is 0.377 e. The molecule has 4 nitrogen and oxygen atoms in total. The second kappa shape index (κ2) is 6.86. The van der Waals surface area contributed by atoms with Crippen molar-refractivity contribution in [2.75, 3.05) is 20.7 Å². The Kier molecular flexibility index (Phi) is 5.77. The molecule has 0 radical (unpaired) electrons. The first kappa shape index (κ1) is 13.5. The molecule has 4 heteroatoms. The van der Waals surface area contributed by atoms with Gasteiger partial charge in [-0.05, 0) is 19.3 Å². The minimum absolute atomic E-state index is 0.163. The van der Waals surface area contributed by atoms with Gasteiger partial charge in [-0.15, -0.1) is 0 Å². The average Bonchev–Trinajstić information content (AvgIpc) is 2.26. The highest BCUT2D eigenvalue weighted by Crippen LogP contribution is 2.19. The van der Waals surface area contributed by atoms with Gasteiger partial charge in [-0.3, -0.25) is 4.79 Å². The molecule has 1 aliphatic carbocycles. The predicted molar refractivity (Wildman–Crippen MR) is 64.1 cm³/mol. The molecule has 0 aromatic carbocycles. The van der Waals surface area contributed by atoms with E-state index in [1.54, 1.807) is 19.0 Å². The molecule has 0 saturated heterocycles. The van der Waals surface area contributed by atoms with E-state index in [0.717, 1.165) is 19.3 Å². The van der Waals surface area contributed by atoms with E-state index in [4.69, 9.17) is 10.5 Å². The van der Waals surface area contributed by atoms with Gasteiger partial charge in [-0.1, -0.05) is 12.8 Å². The summed E-state index contributed by atoms with van der Waals surface area (Å²) in [6.07, 6.45) is 6.15. The molecule has 1 amide bonds. The zero-order valence-corrected chi connectivity index (χ0v) is 10.4. The van der Waals surface area contributed by atoms with Crippen LogP contribution in [0, 0.1) is 0 Å². The molecular formula is C12H24N2O2. The highest BCUT2D eigenvalue weighted by molar-refractivity contribution is 5.75. The fourth-order valence-corrected chi connectivity index (χ4v) is 2.01. The molecule has 0 spiro atoms. The quantitative estimate of drug-likeness (QED) is 0.718. The monoisotopic (exact) mass is 228 g/mol. The lowest BCUT2D eigenvalue weighted by molar-refractivity contribution is -0.129. The van der Waals surface area contributed by atoms with Crippen LogP contribution in [0.3, 0.4) is 0 Å². The summed E-state index contributed by atoms with van der Waals surface area (Å²) in [6, 6.07) is 0.193. The fourth-order valence-electron chi connectivity index (χ4n) is 2.01. The molecule has 0 heterocycles. The van der Waals surface area contributed by atoms with E-state index in [1.807, 2.05) is 0 Å². The number of ether oxygens (including phenoxy) is 1. The van der Waals surface area contributed by atoms with Gasteiger partial charge in [0.25, 0.3) is 0 Å². The number of nitrogens with zero attached hydrogens (tertiary/aromatic N) is 1. The van der Waals surface area contributed by atoms with Crippen LogP contribution in [0.5, 0.6) is 0 Å².